The van der Waals surface area contributed by atoms with Crippen LogP contribution < -0.4 is 10.1 Å². The van der Waals surface area contributed by atoms with Crippen LogP contribution in [0.15, 0.2) is 18.2 Å². The predicted molar refractivity (Wildman–Crippen MR) is 72.0 cm³/mol. The van der Waals surface area contributed by atoms with Crippen LogP contribution in [0, 0.1) is 0 Å². The number of hydrogen-bond donors (Lipinski definition) is 3. The summed E-state index contributed by atoms with van der Waals surface area (Å²) in [4.78, 5) is 0. The van der Waals surface area contributed by atoms with Crippen molar-refractivity contribution in [3.8, 4) is 11.5 Å². The van der Waals surface area contributed by atoms with Gasteiger partial charge in [0.05, 0.1) is 7.11 Å². The monoisotopic (exact) mass is 253 g/mol. The van der Waals surface area contributed by atoms with Crippen LogP contribution in [0.4, 0.5) is 0 Å². The van der Waals surface area contributed by atoms with Crippen LogP contribution in [0.2, 0.25) is 0 Å². The Bertz CT molecular complexity index is 368. The molecule has 0 spiro atoms. The predicted octanol–water partition coefficient (Wildman–Crippen LogP) is 2.21. The number of aliphatic hydroxyl groups is 1. The molecule has 0 radical (unpaired) electrons. The number of aromatic hydroxyl groups is 1. The van der Waals surface area contributed by atoms with Crippen LogP contribution in [0.1, 0.15) is 38.3 Å². The summed E-state index contributed by atoms with van der Waals surface area (Å²) >= 11 is 0. The van der Waals surface area contributed by atoms with E-state index in [-0.39, 0.29) is 18.4 Å². The van der Waals surface area contributed by atoms with Crippen LogP contribution in [0.25, 0.3) is 0 Å². The molecule has 2 unspecified atom stereocenters. The van der Waals surface area contributed by atoms with Crippen molar-refractivity contribution in [2.75, 3.05) is 13.7 Å². The summed E-state index contributed by atoms with van der Waals surface area (Å²) < 4.78 is 5.09. The van der Waals surface area contributed by atoms with E-state index < -0.39 is 0 Å². The highest BCUT2D eigenvalue weighted by Crippen LogP contribution is 2.28. The van der Waals surface area contributed by atoms with Crippen molar-refractivity contribution >= 4 is 0 Å². The molecule has 0 saturated heterocycles. The molecule has 1 aromatic rings. The van der Waals surface area contributed by atoms with Crippen molar-refractivity contribution in [1.29, 1.82) is 0 Å². The number of ether oxygens (including phenoxy) is 1. The van der Waals surface area contributed by atoms with Gasteiger partial charge in [0.25, 0.3) is 0 Å². The molecule has 3 N–H and O–H groups in total. The summed E-state index contributed by atoms with van der Waals surface area (Å²) in [6, 6.07) is 5.88. The van der Waals surface area contributed by atoms with Gasteiger partial charge in [-0.25, -0.2) is 0 Å². The maximum absolute atomic E-state index is 9.54. The number of phenolic OH excluding ortho intramolecular Hbond substituents is 1. The SMILES string of the molecule is COc1cc(C(C)NC(C)CCCO)ccc1O. The first-order chi connectivity index (χ1) is 8.58. The second kappa shape index (κ2) is 7.24. The fourth-order valence-corrected chi connectivity index (χ4v) is 1.97. The van der Waals surface area contributed by atoms with Gasteiger partial charge in [0.15, 0.2) is 11.5 Å². The van der Waals surface area contributed by atoms with Crippen LogP contribution in [-0.2, 0) is 0 Å². The molecule has 0 aliphatic rings. The normalized spacial score (nSPS) is 14.2. The zero-order valence-electron chi connectivity index (χ0n) is 11.3. The average Bonchev–Trinajstić information content (AvgIpc) is 2.36. The molecule has 4 nitrogen and oxygen atoms in total. The fraction of sp³-hybridized carbons (Fsp3) is 0.571. The molecule has 0 bridgehead atoms. The van der Waals surface area contributed by atoms with E-state index in [4.69, 9.17) is 9.84 Å². The van der Waals surface area contributed by atoms with E-state index in [1.54, 1.807) is 13.2 Å². The topological polar surface area (TPSA) is 61.7 Å². The number of nitrogens with one attached hydrogen (secondary N) is 1. The van der Waals surface area contributed by atoms with E-state index in [1.165, 1.54) is 0 Å². The molecule has 0 fully saturated rings. The molecule has 0 amide bonds. The molecule has 2 atom stereocenters. The lowest BCUT2D eigenvalue weighted by atomic mass is 10.1. The Labute approximate surface area is 109 Å². The molecular formula is C14H23NO3. The van der Waals surface area contributed by atoms with Crippen molar-refractivity contribution in [1.82, 2.24) is 5.32 Å². The Kier molecular flexibility index (Phi) is 5.95. The molecule has 0 heterocycles. The third-order valence-corrected chi connectivity index (χ3v) is 3.03. The largest absolute Gasteiger partial charge is 0.504 e. The van der Waals surface area contributed by atoms with Gasteiger partial charge < -0.3 is 20.3 Å². The molecule has 0 aromatic heterocycles. The lowest BCUT2D eigenvalue weighted by Gasteiger charge is -2.20. The van der Waals surface area contributed by atoms with Gasteiger partial charge in [0.2, 0.25) is 0 Å². The minimum atomic E-state index is 0.154. The first-order valence-corrected chi connectivity index (χ1v) is 6.32. The Hall–Kier alpha value is -1.26. The minimum Gasteiger partial charge on any atom is -0.504 e. The summed E-state index contributed by atoms with van der Waals surface area (Å²) in [7, 11) is 1.54. The summed E-state index contributed by atoms with van der Waals surface area (Å²) in [5.74, 6) is 0.644. The zero-order chi connectivity index (χ0) is 13.5. The third-order valence-electron chi connectivity index (χ3n) is 3.03. The Morgan fingerprint density at radius 1 is 1.33 bits per heavy atom. The summed E-state index contributed by atoms with van der Waals surface area (Å²) in [5.41, 5.74) is 1.07. The standard InChI is InChI=1S/C14H23NO3/c1-10(5-4-8-16)15-11(2)12-6-7-13(17)14(9-12)18-3/h6-7,9-11,15-17H,4-5,8H2,1-3H3. The molecule has 1 rings (SSSR count). The molecule has 1 aromatic carbocycles. The highest BCUT2D eigenvalue weighted by molar-refractivity contribution is 5.42. The van der Waals surface area contributed by atoms with E-state index in [0.717, 1.165) is 18.4 Å². The molecule has 0 aliphatic heterocycles. The number of benzene rings is 1. The van der Waals surface area contributed by atoms with Crippen LogP contribution in [0.3, 0.4) is 0 Å². The second-order valence-corrected chi connectivity index (χ2v) is 4.59. The molecule has 4 heteroatoms. The van der Waals surface area contributed by atoms with Gasteiger partial charge in [-0.3, -0.25) is 0 Å². The van der Waals surface area contributed by atoms with Crippen molar-refractivity contribution < 1.29 is 14.9 Å². The zero-order valence-corrected chi connectivity index (χ0v) is 11.3. The lowest BCUT2D eigenvalue weighted by molar-refractivity contribution is 0.274. The number of aliphatic hydroxyl groups excluding tert-OH is 1. The minimum absolute atomic E-state index is 0.154. The number of phenols is 1. The first-order valence-electron chi connectivity index (χ1n) is 6.32. The highest BCUT2D eigenvalue weighted by atomic mass is 16.5. The molecule has 102 valence electrons. The Morgan fingerprint density at radius 2 is 2.06 bits per heavy atom. The number of rotatable bonds is 7. The van der Waals surface area contributed by atoms with Crippen molar-refractivity contribution in [2.24, 2.45) is 0 Å². The van der Waals surface area contributed by atoms with E-state index in [1.807, 2.05) is 12.1 Å². The molecule has 0 saturated carbocycles. The average molecular weight is 253 g/mol. The first kappa shape index (κ1) is 14.8. The smallest absolute Gasteiger partial charge is 0.160 e. The van der Waals surface area contributed by atoms with Crippen molar-refractivity contribution in [3.63, 3.8) is 0 Å². The summed E-state index contributed by atoms with van der Waals surface area (Å²) in [5, 5.41) is 21.8. The van der Waals surface area contributed by atoms with Crippen molar-refractivity contribution in [3.05, 3.63) is 23.8 Å². The molecular weight excluding hydrogens is 230 g/mol. The maximum atomic E-state index is 9.54. The van der Waals surface area contributed by atoms with E-state index in [0.29, 0.717) is 11.8 Å². The van der Waals surface area contributed by atoms with Gasteiger partial charge in [-0.05, 0) is 44.4 Å². The van der Waals surface area contributed by atoms with Crippen LogP contribution >= 0.6 is 0 Å². The molecule has 0 aliphatic carbocycles. The quantitative estimate of drug-likeness (QED) is 0.697. The van der Waals surface area contributed by atoms with E-state index in [2.05, 4.69) is 19.2 Å². The lowest BCUT2D eigenvalue weighted by Crippen LogP contribution is -2.29. The van der Waals surface area contributed by atoms with E-state index >= 15 is 0 Å². The van der Waals surface area contributed by atoms with Gasteiger partial charge in [0.1, 0.15) is 0 Å². The Morgan fingerprint density at radius 3 is 2.67 bits per heavy atom. The third kappa shape index (κ3) is 4.20. The number of methoxy groups -OCH3 is 1. The molecule has 18 heavy (non-hydrogen) atoms. The van der Waals surface area contributed by atoms with Crippen LogP contribution in [0.5, 0.6) is 11.5 Å². The van der Waals surface area contributed by atoms with Gasteiger partial charge in [-0.1, -0.05) is 6.07 Å². The van der Waals surface area contributed by atoms with Gasteiger partial charge in [0, 0.05) is 18.7 Å². The van der Waals surface area contributed by atoms with Crippen LogP contribution in [-0.4, -0.2) is 30.0 Å². The highest BCUT2D eigenvalue weighted by Gasteiger charge is 2.11. The van der Waals surface area contributed by atoms with Gasteiger partial charge >= 0.3 is 0 Å². The van der Waals surface area contributed by atoms with E-state index in [9.17, 15) is 5.11 Å². The Balaban J connectivity index is 2.63. The summed E-state index contributed by atoms with van der Waals surface area (Å²) in [6.45, 7) is 4.40. The fourth-order valence-electron chi connectivity index (χ4n) is 1.97. The number of hydrogen-bond acceptors (Lipinski definition) is 4. The van der Waals surface area contributed by atoms with Gasteiger partial charge in [-0.2, -0.15) is 0 Å². The van der Waals surface area contributed by atoms with Gasteiger partial charge in [-0.15, -0.1) is 0 Å². The van der Waals surface area contributed by atoms with Crippen molar-refractivity contribution in [2.45, 2.75) is 38.8 Å². The maximum Gasteiger partial charge on any atom is 0.160 e. The summed E-state index contributed by atoms with van der Waals surface area (Å²) in [6.07, 6.45) is 1.75. The second-order valence-electron chi connectivity index (χ2n) is 4.59.